The molecule has 0 atom stereocenters. The van der Waals surface area contributed by atoms with E-state index < -0.39 is 32.6 Å². The lowest BCUT2D eigenvalue weighted by Gasteiger charge is -2.11. The number of carbonyl (C=O) groups is 1. The quantitative estimate of drug-likeness (QED) is 0.300. The monoisotopic (exact) mass is 346 g/mol. The molecule has 0 rings (SSSR count). The van der Waals surface area contributed by atoms with Crippen LogP contribution in [0.2, 0.25) is 0 Å². The highest BCUT2D eigenvalue weighted by Gasteiger charge is 2.42. The van der Waals surface area contributed by atoms with Crippen LogP contribution in [0.25, 0.3) is 0 Å². The Morgan fingerprint density at radius 2 is 1.59 bits per heavy atom. The van der Waals surface area contributed by atoms with Gasteiger partial charge in [0.05, 0.1) is 6.61 Å². The van der Waals surface area contributed by atoms with Crippen LogP contribution in [0, 0.1) is 0 Å². The number of unbranched alkanes of at least 4 members (excludes halogenated alkanes) is 5. The van der Waals surface area contributed by atoms with Gasteiger partial charge in [-0.15, -0.1) is 0 Å². The highest BCUT2D eigenvalue weighted by Crippen LogP contribution is 2.28. The summed E-state index contributed by atoms with van der Waals surface area (Å²) in [4.78, 5) is 9.74. The molecule has 0 unspecified atom stereocenters. The van der Waals surface area contributed by atoms with Crippen LogP contribution in [0.1, 0.15) is 45.4 Å². The Kier molecular flexibility index (Phi) is 8.50. The first kappa shape index (κ1) is 20.8. The molecule has 0 saturated carbocycles. The fraction of sp³-hybridized carbons (Fsp3) is 0.769. The number of sulfone groups is 1. The Labute approximate surface area is 128 Å². The summed E-state index contributed by atoms with van der Waals surface area (Å²) < 4.78 is 64.1. The molecule has 0 heterocycles. The molecule has 0 aromatic rings. The fourth-order valence-corrected chi connectivity index (χ4v) is 2.49. The van der Waals surface area contributed by atoms with Gasteiger partial charge in [0.25, 0.3) is 0 Å². The van der Waals surface area contributed by atoms with Gasteiger partial charge in [-0.2, -0.15) is 13.2 Å². The van der Waals surface area contributed by atoms with E-state index in [1.54, 1.807) is 0 Å². The molecule has 0 aliphatic carbocycles. The van der Waals surface area contributed by atoms with Gasteiger partial charge in [-0.1, -0.05) is 39.0 Å². The zero-order valence-electron chi connectivity index (χ0n) is 12.6. The normalized spacial score (nSPS) is 13.7. The predicted molar refractivity (Wildman–Crippen MR) is 74.9 cm³/mol. The minimum absolute atomic E-state index is 0.199. The number of esters is 1. The molecule has 0 aromatic heterocycles. The van der Waals surface area contributed by atoms with Gasteiger partial charge in [0.1, 0.15) is 0 Å². The van der Waals surface area contributed by atoms with Crippen molar-refractivity contribution in [1.82, 2.24) is 0 Å². The maximum atomic E-state index is 12.4. The minimum Gasteiger partial charge on any atom is -0.503 e. The van der Waals surface area contributed by atoms with Gasteiger partial charge >= 0.3 is 12.1 Å². The Balaban J connectivity index is 4.65. The molecule has 0 aromatic carbocycles. The van der Waals surface area contributed by atoms with Gasteiger partial charge in [-0.05, 0) is 6.42 Å². The Morgan fingerprint density at radius 3 is 2.05 bits per heavy atom. The molecular formula is C13H21F3O5S. The topological polar surface area (TPSA) is 80.7 Å². The molecule has 5 nitrogen and oxygen atoms in total. The highest BCUT2D eigenvalue weighted by molar-refractivity contribution is 7.95. The number of allylic oxidation sites excluding steroid dienone is 1. The number of alkyl halides is 3. The van der Waals surface area contributed by atoms with Crippen LogP contribution in [0.3, 0.4) is 0 Å². The maximum absolute atomic E-state index is 12.4. The molecule has 130 valence electrons. The van der Waals surface area contributed by atoms with E-state index in [4.69, 9.17) is 5.11 Å². The highest BCUT2D eigenvalue weighted by atomic mass is 32.2. The molecule has 1 N–H and O–H groups in total. The van der Waals surface area contributed by atoms with Crippen LogP contribution in [0.4, 0.5) is 13.2 Å². The summed E-state index contributed by atoms with van der Waals surface area (Å²) in [6.07, 6.45) is 0.236. The molecule has 0 radical (unpaired) electrons. The SMILES string of the molecule is CCCCCCCCOC(=O)C(=C(O)C(F)(F)F)S(C)(=O)=O. The van der Waals surface area contributed by atoms with Gasteiger partial charge < -0.3 is 9.84 Å². The Bertz CT molecular complexity index is 494. The number of aliphatic hydroxyl groups is 1. The molecule has 0 saturated heterocycles. The first-order valence-corrected chi connectivity index (χ1v) is 8.78. The van der Waals surface area contributed by atoms with Crippen molar-refractivity contribution >= 4 is 15.8 Å². The zero-order chi connectivity index (χ0) is 17.4. The first-order valence-electron chi connectivity index (χ1n) is 6.89. The minimum atomic E-state index is -5.34. The van der Waals surface area contributed by atoms with E-state index in [1.807, 2.05) is 6.92 Å². The van der Waals surface area contributed by atoms with Crippen molar-refractivity contribution < 1.29 is 36.2 Å². The maximum Gasteiger partial charge on any atom is 0.450 e. The number of rotatable bonds is 9. The molecule has 0 aliphatic heterocycles. The predicted octanol–water partition coefficient (Wildman–Crippen LogP) is 3.27. The summed E-state index contributed by atoms with van der Waals surface area (Å²) in [7, 11) is -4.57. The van der Waals surface area contributed by atoms with Gasteiger partial charge in [-0.3, -0.25) is 0 Å². The van der Waals surface area contributed by atoms with E-state index in [0.29, 0.717) is 12.7 Å². The number of hydrogen-bond donors (Lipinski definition) is 1. The molecule has 9 heteroatoms. The van der Waals surface area contributed by atoms with Gasteiger partial charge in [0, 0.05) is 6.26 Å². The van der Waals surface area contributed by atoms with E-state index >= 15 is 0 Å². The number of aliphatic hydroxyl groups excluding tert-OH is 1. The van der Waals surface area contributed by atoms with E-state index in [2.05, 4.69) is 4.74 Å². The lowest BCUT2D eigenvalue weighted by Crippen LogP contribution is -2.24. The molecule has 0 bridgehead atoms. The molecule has 0 aliphatic rings. The third-order valence-corrected chi connectivity index (χ3v) is 3.87. The summed E-state index contributed by atoms with van der Waals surface area (Å²) >= 11 is 0. The van der Waals surface area contributed by atoms with Crippen molar-refractivity contribution in [1.29, 1.82) is 0 Å². The van der Waals surface area contributed by atoms with Crippen LogP contribution in [0.15, 0.2) is 10.7 Å². The van der Waals surface area contributed by atoms with Gasteiger partial charge in [-0.25, -0.2) is 13.2 Å². The second-order valence-electron chi connectivity index (χ2n) is 4.85. The van der Waals surface area contributed by atoms with Crippen LogP contribution in [-0.4, -0.2) is 38.5 Å². The van der Waals surface area contributed by atoms with Gasteiger partial charge in [0.2, 0.25) is 5.76 Å². The molecular weight excluding hydrogens is 325 g/mol. The second kappa shape index (κ2) is 9.02. The molecule has 0 fully saturated rings. The third-order valence-electron chi connectivity index (χ3n) is 2.77. The molecule has 22 heavy (non-hydrogen) atoms. The van der Waals surface area contributed by atoms with Crippen molar-refractivity contribution in [3.8, 4) is 0 Å². The fourth-order valence-electron chi connectivity index (χ4n) is 1.67. The van der Waals surface area contributed by atoms with E-state index in [-0.39, 0.29) is 6.61 Å². The second-order valence-corrected chi connectivity index (χ2v) is 6.80. The van der Waals surface area contributed by atoms with E-state index in [1.165, 1.54) is 0 Å². The van der Waals surface area contributed by atoms with Crippen LogP contribution >= 0.6 is 0 Å². The molecule has 0 amide bonds. The summed E-state index contributed by atoms with van der Waals surface area (Å²) in [5.41, 5.74) is 0. The average Bonchev–Trinajstić information content (AvgIpc) is 2.35. The average molecular weight is 346 g/mol. The zero-order valence-corrected chi connectivity index (χ0v) is 13.4. The Hall–Kier alpha value is -1.25. The standard InChI is InChI=1S/C13H21F3O5S/c1-3-4-5-6-7-8-9-21-12(18)10(22(2,19)20)11(17)13(14,15)16/h17H,3-9H2,1-2H3. The Morgan fingerprint density at radius 1 is 1.09 bits per heavy atom. The van der Waals surface area contributed by atoms with Crippen molar-refractivity contribution in [3.05, 3.63) is 10.7 Å². The first-order chi connectivity index (χ1) is 10.0. The summed E-state index contributed by atoms with van der Waals surface area (Å²) in [5, 5.41) is 8.93. The lowest BCUT2D eigenvalue weighted by atomic mass is 10.1. The van der Waals surface area contributed by atoms with Crippen LogP contribution < -0.4 is 0 Å². The summed E-state index contributed by atoms with van der Waals surface area (Å²) in [6, 6.07) is 0. The van der Waals surface area contributed by atoms with Crippen LogP contribution in [-0.2, 0) is 19.4 Å². The van der Waals surface area contributed by atoms with Gasteiger partial charge in [0.15, 0.2) is 14.7 Å². The number of carbonyl (C=O) groups excluding carboxylic acids is 1. The number of ether oxygens (including phenoxy) is 1. The summed E-state index contributed by atoms with van der Waals surface area (Å²) in [6.45, 7) is 1.85. The van der Waals surface area contributed by atoms with Crippen LogP contribution in [0.5, 0.6) is 0 Å². The third kappa shape index (κ3) is 7.67. The number of halogens is 3. The summed E-state index contributed by atoms with van der Waals surface area (Å²) in [5.74, 6) is -4.14. The van der Waals surface area contributed by atoms with Crippen molar-refractivity contribution in [2.75, 3.05) is 12.9 Å². The lowest BCUT2D eigenvalue weighted by molar-refractivity contribution is -0.142. The number of hydrogen-bond acceptors (Lipinski definition) is 5. The van der Waals surface area contributed by atoms with Crippen molar-refractivity contribution in [2.45, 2.75) is 51.6 Å². The van der Waals surface area contributed by atoms with Crippen molar-refractivity contribution in [3.63, 3.8) is 0 Å². The van der Waals surface area contributed by atoms with E-state index in [0.717, 1.165) is 32.1 Å². The largest absolute Gasteiger partial charge is 0.503 e. The molecule has 0 spiro atoms. The van der Waals surface area contributed by atoms with Crippen molar-refractivity contribution in [2.24, 2.45) is 0 Å². The smallest absolute Gasteiger partial charge is 0.450 e. The van der Waals surface area contributed by atoms with E-state index in [9.17, 15) is 26.4 Å².